The second kappa shape index (κ2) is 8.86. The number of hydrogen-bond acceptors (Lipinski definition) is 7. The van der Waals surface area contributed by atoms with Crippen LogP contribution in [0.15, 0.2) is 12.1 Å². The fourth-order valence-electron chi connectivity index (χ4n) is 2.12. The molecule has 0 spiro atoms. The lowest BCUT2D eigenvalue weighted by atomic mass is 10.1. The lowest BCUT2D eigenvalue weighted by molar-refractivity contribution is 0.102. The third-order valence-electron chi connectivity index (χ3n) is 3.13. The summed E-state index contributed by atoms with van der Waals surface area (Å²) in [6.07, 6.45) is 0. The van der Waals surface area contributed by atoms with Gasteiger partial charge in [0.2, 0.25) is 5.75 Å². The summed E-state index contributed by atoms with van der Waals surface area (Å²) < 4.78 is 16.8. The maximum absolute atomic E-state index is 12.5. The zero-order valence-electron chi connectivity index (χ0n) is 14.9. The van der Waals surface area contributed by atoms with E-state index in [1.807, 2.05) is 27.7 Å². The Balaban J connectivity index is 2.33. The molecule has 1 heterocycles. The van der Waals surface area contributed by atoms with Gasteiger partial charge in [0.15, 0.2) is 11.5 Å². The van der Waals surface area contributed by atoms with Crippen molar-refractivity contribution < 1.29 is 19.0 Å². The van der Waals surface area contributed by atoms with Gasteiger partial charge in [-0.25, -0.2) is 0 Å². The van der Waals surface area contributed by atoms with Crippen molar-refractivity contribution in [2.24, 2.45) is 0 Å². The number of amides is 1. The molecular formula is C16H23N5O4. The van der Waals surface area contributed by atoms with Crippen molar-refractivity contribution in [2.75, 3.05) is 25.1 Å². The molecule has 2 rings (SSSR count). The third-order valence-corrected chi connectivity index (χ3v) is 3.13. The average molecular weight is 349 g/mol. The molecule has 1 amide bonds. The summed E-state index contributed by atoms with van der Waals surface area (Å²) in [5.74, 6) is 1.13. The molecule has 25 heavy (non-hydrogen) atoms. The molecule has 1 aromatic carbocycles. The summed E-state index contributed by atoms with van der Waals surface area (Å²) in [4.78, 5) is 13.9. The van der Waals surface area contributed by atoms with Gasteiger partial charge < -0.3 is 14.2 Å². The highest BCUT2D eigenvalue weighted by atomic mass is 16.5. The maximum atomic E-state index is 12.5. The van der Waals surface area contributed by atoms with E-state index in [-0.39, 0.29) is 11.9 Å². The van der Waals surface area contributed by atoms with Crippen molar-refractivity contribution in [1.82, 2.24) is 20.2 Å². The van der Waals surface area contributed by atoms with Crippen molar-refractivity contribution in [1.29, 1.82) is 0 Å². The molecule has 0 aliphatic heterocycles. The van der Waals surface area contributed by atoms with Crippen molar-refractivity contribution in [3.63, 3.8) is 0 Å². The topological polar surface area (TPSA) is 100 Å². The Morgan fingerprint density at radius 3 is 2.12 bits per heavy atom. The molecule has 1 aromatic heterocycles. The number of hydrogen-bond donors (Lipinski definition) is 1. The number of ether oxygens (including phenoxy) is 3. The Morgan fingerprint density at radius 2 is 1.64 bits per heavy atom. The van der Waals surface area contributed by atoms with Crippen LogP contribution in [0, 0.1) is 0 Å². The quantitative estimate of drug-likeness (QED) is 0.740. The molecule has 0 fully saturated rings. The van der Waals surface area contributed by atoms with Crippen molar-refractivity contribution in [3.05, 3.63) is 17.7 Å². The van der Waals surface area contributed by atoms with Crippen LogP contribution in [0.25, 0.3) is 0 Å². The molecule has 0 saturated heterocycles. The fraction of sp³-hybridized carbons (Fsp3) is 0.500. The van der Waals surface area contributed by atoms with Crippen LogP contribution < -0.4 is 19.5 Å². The van der Waals surface area contributed by atoms with Gasteiger partial charge in [-0.15, -0.1) is 5.10 Å². The van der Waals surface area contributed by atoms with Crippen LogP contribution in [-0.4, -0.2) is 45.9 Å². The van der Waals surface area contributed by atoms with Crippen LogP contribution in [0.1, 0.15) is 38.1 Å². The van der Waals surface area contributed by atoms with Crippen molar-refractivity contribution in [3.8, 4) is 17.2 Å². The first-order valence-electron chi connectivity index (χ1n) is 8.28. The van der Waals surface area contributed by atoms with Gasteiger partial charge >= 0.3 is 0 Å². The molecule has 9 nitrogen and oxygen atoms in total. The van der Waals surface area contributed by atoms with Gasteiger partial charge in [0.25, 0.3) is 11.9 Å². The van der Waals surface area contributed by atoms with Crippen LogP contribution in [-0.2, 0) is 6.54 Å². The maximum Gasteiger partial charge on any atom is 0.270 e. The van der Waals surface area contributed by atoms with Gasteiger partial charge in [-0.05, 0) is 45.0 Å². The summed E-state index contributed by atoms with van der Waals surface area (Å²) in [5, 5.41) is 14.2. The van der Waals surface area contributed by atoms with E-state index >= 15 is 0 Å². The Labute approximate surface area is 146 Å². The zero-order chi connectivity index (χ0) is 18.2. The monoisotopic (exact) mass is 349 g/mol. The molecule has 9 heteroatoms. The first-order valence-corrected chi connectivity index (χ1v) is 8.28. The molecule has 0 aliphatic rings. The fourth-order valence-corrected chi connectivity index (χ4v) is 2.12. The van der Waals surface area contributed by atoms with Gasteiger partial charge in [0, 0.05) is 5.56 Å². The number of aromatic nitrogens is 4. The minimum atomic E-state index is -0.388. The number of carbonyl (C=O) groups excluding carboxylic acids is 1. The smallest absolute Gasteiger partial charge is 0.270 e. The van der Waals surface area contributed by atoms with Crippen LogP contribution in [0.2, 0.25) is 0 Å². The lowest BCUT2D eigenvalue weighted by Crippen LogP contribution is -2.14. The first-order chi connectivity index (χ1) is 12.1. The highest BCUT2D eigenvalue weighted by Crippen LogP contribution is 2.39. The zero-order valence-corrected chi connectivity index (χ0v) is 14.9. The van der Waals surface area contributed by atoms with Gasteiger partial charge in [0.1, 0.15) is 0 Å². The third kappa shape index (κ3) is 4.59. The van der Waals surface area contributed by atoms with E-state index in [1.165, 1.54) is 4.80 Å². The van der Waals surface area contributed by atoms with Crippen molar-refractivity contribution in [2.45, 2.75) is 34.2 Å². The average Bonchev–Trinajstić information content (AvgIpc) is 3.05. The standard InChI is InChI=1S/C16H23N5O4/c1-5-21-19-16(18-20-21)17-15(22)11-9-12(23-6-2)14(25-8-4)13(10-11)24-7-3/h9-10H,5-8H2,1-4H3,(H,17,19,22). The number of tetrazole rings is 1. The number of nitrogens with one attached hydrogen (secondary N) is 1. The van der Waals surface area contributed by atoms with Crippen LogP contribution in [0.5, 0.6) is 17.2 Å². The van der Waals surface area contributed by atoms with E-state index in [0.717, 1.165) is 0 Å². The summed E-state index contributed by atoms with van der Waals surface area (Å²) in [6.45, 7) is 9.35. The largest absolute Gasteiger partial charge is 0.490 e. The van der Waals surface area contributed by atoms with E-state index < -0.39 is 0 Å². The summed E-state index contributed by atoms with van der Waals surface area (Å²) >= 11 is 0. The minimum Gasteiger partial charge on any atom is -0.490 e. The van der Waals surface area contributed by atoms with Gasteiger partial charge in [-0.1, -0.05) is 5.10 Å². The van der Waals surface area contributed by atoms with Crippen LogP contribution in [0.3, 0.4) is 0 Å². The summed E-state index contributed by atoms with van der Waals surface area (Å²) in [6, 6.07) is 3.22. The second-order valence-electron chi connectivity index (χ2n) is 4.86. The SMILES string of the molecule is CCOc1cc(C(=O)Nc2nnn(CC)n2)cc(OCC)c1OCC. The molecule has 0 bridgehead atoms. The predicted octanol–water partition coefficient (Wildman–Crippen LogP) is 2.14. The molecule has 0 atom stereocenters. The Bertz CT molecular complexity index is 689. The normalized spacial score (nSPS) is 10.4. The van der Waals surface area contributed by atoms with E-state index in [9.17, 15) is 4.79 Å². The molecular weight excluding hydrogens is 326 g/mol. The lowest BCUT2D eigenvalue weighted by Gasteiger charge is -2.16. The van der Waals surface area contributed by atoms with Crippen LogP contribution in [0.4, 0.5) is 5.95 Å². The van der Waals surface area contributed by atoms with Gasteiger partial charge in [-0.2, -0.15) is 4.80 Å². The van der Waals surface area contributed by atoms with E-state index in [4.69, 9.17) is 14.2 Å². The highest BCUT2D eigenvalue weighted by molar-refractivity contribution is 6.04. The van der Waals surface area contributed by atoms with Gasteiger partial charge in [0.05, 0.1) is 26.4 Å². The molecule has 136 valence electrons. The molecule has 0 unspecified atom stereocenters. The Kier molecular flexibility index (Phi) is 6.55. The number of benzene rings is 1. The number of rotatable bonds is 9. The Morgan fingerprint density at radius 1 is 1.04 bits per heavy atom. The number of carbonyl (C=O) groups is 1. The number of anilines is 1. The number of aryl methyl sites for hydroxylation is 1. The highest BCUT2D eigenvalue weighted by Gasteiger charge is 2.19. The molecule has 1 N–H and O–H groups in total. The van der Waals surface area contributed by atoms with E-state index in [0.29, 0.717) is 49.2 Å². The summed E-state index contributed by atoms with van der Waals surface area (Å²) in [5.41, 5.74) is 0.350. The molecule has 0 aliphatic carbocycles. The molecule has 0 radical (unpaired) electrons. The van der Waals surface area contributed by atoms with Gasteiger partial charge in [-0.3, -0.25) is 10.1 Å². The first kappa shape index (κ1) is 18.5. The summed E-state index contributed by atoms with van der Waals surface area (Å²) in [7, 11) is 0. The molecule has 2 aromatic rings. The molecule has 0 saturated carbocycles. The van der Waals surface area contributed by atoms with Crippen LogP contribution >= 0.6 is 0 Å². The van der Waals surface area contributed by atoms with Crippen molar-refractivity contribution >= 4 is 11.9 Å². The predicted molar refractivity (Wildman–Crippen MR) is 91.4 cm³/mol. The van der Waals surface area contributed by atoms with E-state index in [1.54, 1.807) is 12.1 Å². The Hall–Kier alpha value is -2.84. The minimum absolute atomic E-state index is 0.136. The van der Waals surface area contributed by atoms with E-state index in [2.05, 4.69) is 20.7 Å². The number of nitrogens with zero attached hydrogens (tertiary/aromatic N) is 4. The second-order valence-corrected chi connectivity index (χ2v) is 4.86.